The van der Waals surface area contributed by atoms with Crippen LogP contribution >= 0.6 is 8.03 Å². The molecule has 0 amide bonds. The maximum atomic E-state index is 11.1. The average Bonchev–Trinajstić information content (AvgIpc) is 2.17. The van der Waals surface area contributed by atoms with Crippen molar-refractivity contribution in [3.05, 3.63) is 12.7 Å². The molecule has 2 nitrogen and oxygen atoms in total. The first-order valence-electron chi connectivity index (χ1n) is 5.57. The van der Waals surface area contributed by atoms with Gasteiger partial charge in [0.15, 0.2) is 8.03 Å². The van der Waals surface area contributed by atoms with Gasteiger partial charge in [-0.05, 0) is 6.42 Å². The zero-order chi connectivity index (χ0) is 10.6. The van der Waals surface area contributed by atoms with Crippen LogP contribution in [0.1, 0.15) is 45.4 Å². The minimum atomic E-state index is -1.81. The van der Waals surface area contributed by atoms with Crippen LogP contribution in [0.4, 0.5) is 0 Å². The Bertz CT molecular complexity index is 157. The van der Waals surface area contributed by atoms with Crippen molar-refractivity contribution in [2.45, 2.75) is 45.4 Å². The zero-order valence-corrected chi connectivity index (χ0v) is 10.3. The third-order valence-corrected chi connectivity index (χ3v) is 3.22. The summed E-state index contributed by atoms with van der Waals surface area (Å²) < 4.78 is 16.2. The van der Waals surface area contributed by atoms with Crippen molar-refractivity contribution in [3.63, 3.8) is 0 Å². The Balaban J connectivity index is 3.05. The maximum absolute atomic E-state index is 11.1. The Morgan fingerprint density at radius 2 is 1.86 bits per heavy atom. The molecule has 0 aromatic rings. The van der Waals surface area contributed by atoms with Gasteiger partial charge in [0, 0.05) is 6.16 Å². The van der Waals surface area contributed by atoms with E-state index in [4.69, 9.17) is 4.52 Å². The fraction of sp³-hybridized carbons (Fsp3) is 0.818. The van der Waals surface area contributed by atoms with E-state index in [1.54, 1.807) is 6.08 Å². The van der Waals surface area contributed by atoms with Crippen LogP contribution in [0.15, 0.2) is 12.7 Å². The first-order valence-corrected chi connectivity index (χ1v) is 7.10. The molecular weight excluding hydrogens is 195 g/mol. The molecular formula is C11H23O2P. The molecule has 1 atom stereocenters. The SMILES string of the molecule is C=CC[PH](=O)OCCCCCCCC. The first-order chi connectivity index (χ1) is 6.81. The van der Waals surface area contributed by atoms with Gasteiger partial charge in [-0.2, -0.15) is 0 Å². The van der Waals surface area contributed by atoms with E-state index >= 15 is 0 Å². The maximum Gasteiger partial charge on any atom is 0.195 e. The zero-order valence-electron chi connectivity index (χ0n) is 9.26. The van der Waals surface area contributed by atoms with Gasteiger partial charge >= 0.3 is 0 Å². The van der Waals surface area contributed by atoms with Gasteiger partial charge in [0.1, 0.15) is 0 Å². The molecule has 0 saturated heterocycles. The number of rotatable bonds is 10. The highest BCUT2D eigenvalue weighted by Gasteiger charge is 1.95. The summed E-state index contributed by atoms with van der Waals surface area (Å²) in [7, 11) is -1.81. The Morgan fingerprint density at radius 3 is 2.50 bits per heavy atom. The second-order valence-electron chi connectivity index (χ2n) is 3.48. The molecule has 14 heavy (non-hydrogen) atoms. The molecule has 3 heteroatoms. The van der Waals surface area contributed by atoms with Crippen molar-refractivity contribution < 1.29 is 9.09 Å². The van der Waals surface area contributed by atoms with Crippen molar-refractivity contribution >= 4 is 8.03 Å². The van der Waals surface area contributed by atoms with E-state index in [-0.39, 0.29) is 0 Å². The van der Waals surface area contributed by atoms with Crippen molar-refractivity contribution in [3.8, 4) is 0 Å². The van der Waals surface area contributed by atoms with Gasteiger partial charge in [0.25, 0.3) is 0 Å². The molecule has 0 aliphatic rings. The van der Waals surface area contributed by atoms with Crippen LogP contribution in [0.2, 0.25) is 0 Å². The van der Waals surface area contributed by atoms with Crippen molar-refractivity contribution in [2.75, 3.05) is 12.8 Å². The highest BCUT2D eigenvalue weighted by Crippen LogP contribution is 2.22. The summed E-state index contributed by atoms with van der Waals surface area (Å²) in [6, 6.07) is 0. The molecule has 0 bridgehead atoms. The third kappa shape index (κ3) is 10.0. The van der Waals surface area contributed by atoms with Crippen LogP contribution in [0, 0.1) is 0 Å². The van der Waals surface area contributed by atoms with E-state index in [0.717, 1.165) is 6.42 Å². The molecule has 0 fully saturated rings. The molecule has 84 valence electrons. The molecule has 0 aromatic heterocycles. The minimum Gasteiger partial charge on any atom is -0.330 e. The lowest BCUT2D eigenvalue weighted by molar-refractivity contribution is 0.317. The molecule has 0 heterocycles. The average molecular weight is 218 g/mol. The topological polar surface area (TPSA) is 26.3 Å². The summed E-state index contributed by atoms with van der Waals surface area (Å²) in [5.41, 5.74) is 0. The minimum absolute atomic E-state index is 0.514. The third-order valence-electron chi connectivity index (χ3n) is 2.07. The summed E-state index contributed by atoms with van der Waals surface area (Å²) in [4.78, 5) is 0. The van der Waals surface area contributed by atoms with Crippen LogP contribution in [-0.4, -0.2) is 12.8 Å². The van der Waals surface area contributed by atoms with Gasteiger partial charge in [-0.3, -0.25) is 4.57 Å². The molecule has 0 aromatic carbocycles. The molecule has 0 rings (SSSR count). The fourth-order valence-electron chi connectivity index (χ4n) is 1.25. The quantitative estimate of drug-likeness (QED) is 0.314. The molecule has 0 N–H and O–H groups in total. The van der Waals surface area contributed by atoms with E-state index in [2.05, 4.69) is 13.5 Å². The van der Waals surface area contributed by atoms with Crippen LogP contribution in [0.5, 0.6) is 0 Å². The summed E-state index contributed by atoms with van der Waals surface area (Å²) >= 11 is 0. The van der Waals surface area contributed by atoms with Gasteiger partial charge in [-0.1, -0.05) is 45.1 Å². The Morgan fingerprint density at radius 1 is 1.21 bits per heavy atom. The lowest BCUT2D eigenvalue weighted by Gasteiger charge is -2.02. The Kier molecular flexibility index (Phi) is 11.0. The second-order valence-corrected chi connectivity index (χ2v) is 4.92. The van der Waals surface area contributed by atoms with Crippen molar-refractivity contribution in [1.29, 1.82) is 0 Å². The highest BCUT2D eigenvalue weighted by molar-refractivity contribution is 7.39. The summed E-state index contributed by atoms with van der Waals surface area (Å²) in [6.07, 6.45) is 9.61. The normalized spacial score (nSPS) is 12.6. The number of allylic oxidation sites excluding steroid dienone is 1. The Labute approximate surface area is 88.6 Å². The van der Waals surface area contributed by atoms with Crippen LogP contribution < -0.4 is 0 Å². The van der Waals surface area contributed by atoms with Crippen LogP contribution in [0.3, 0.4) is 0 Å². The smallest absolute Gasteiger partial charge is 0.195 e. The molecule has 1 unspecified atom stereocenters. The van der Waals surface area contributed by atoms with Gasteiger partial charge in [-0.15, -0.1) is 6.58 Å². The standard InChI is InChI=1S/C11H23O2P/c1-3-5-6-7-8-9-10-13-14(12)11-4-2/h4,14H,2-3,5-11H2,1H3. The second kappa shape index (κ2) is 11.0. The molecule has 0 aliphatic heterocycles. The van der Waals surface area contributed by atoms with Crippen LogP contribution in [0.25, 0.3) is 0 Å². The summed E-state index contributed by atoms with van der Waals surface area (Å²) in [5, 5.41) is 0. The van der Waals surface area contributed by atoms with Gasteiger partial charge in [0.2, 0.25) is 0 Å². The number of hydrogen-bond donors (Lipinski definition) is 0. The van der Waals surface area contributed by atoms with E-state index < -0.39 is 8.03 Å². The molecule has 0 radical (unpaired) electrons. The number of hydrogen-bond acceptors (Lipinski definition) is 2. The lowest BCUT2D eigenvalue weighted by atomic mass is 10.1. The van der Waals surface area contributed by atoms with E-state index in [1.165, 1.54) is 32.1 Å². The predicted molar refractivity (Wildman–Crippen MR) is 63.4 cm³/mol. The highest BCUT2D eigenvalue weighted by atomic mass is 31.1. The Hall–Kier alpha value is -0.0700. The first kappa shape index (κ1) is 13.9. The van der Waals surface area contributed by atoms with Gasteiger partial charge < -0.3 is 4.52 Å². The molecule has 0 saturated carbocycles. The number of unbranched alkanes of at least 4 members (excludes halogenated alkanes) is 5. The van der Waals surface area contributed by atoms with Crippen molar-refractivity contribution in [2.24, 2.45) is 0 Å². The van der Waals surface area contributed by atoms with E-state index in [9.17, 15) is 4.57 Å². The monoisotopic (exact) mass is 218 g/mol. The molecule has 0 spiro atoms. The summed E-state index contributed by atoms with van der Waals surface area (Å²) in [6.45, 7) is 6.39. The lowest BCUT2D eigenvalue weighted by Crippen LogP contribution is -1.88. The predicted octanol–water partition coefficient (Wildman–Crippen LogP) is 4.02. The largest absolute Gasteiger partial charge is 0.330 e. The van der Waals surface area contributed by atoms with E-state index in [1.807, 2.05) is 0 Å². The molecule has 0 aliphatic carbocycles. The summed E-state index contributed by atoms with van der Waals surface area (Å²) in [5.74, 6) is 0. The van der Waals surface area contributed by atoms with Gasteiger partial charge in [-0.25, -0.2) is 0 Å². The van der Waals surface area contributed by atoms with Crippen molar-refractivity contribution in [1.82, 2.24) is 0 Å². The van der Waals surface area contributed by atoms with Crippen LogP contribution in [-0.2, 0) is 9.09 Å². The van der Waals surface area contributed by atoms with Gasteiger partial charge in [0.05, 0.1) is 6.61 Å². The fourth-order valence-corrected chi connectivity index (χ4v) is 1.97. The van der Waals surface area contributed by atoms with E-state index in [0.29, 0.717) is 12.8 Å².